The van der Waals surface area contributed by atoms with Gasteiger partial charge in [0.2, 0.25) is 5.76 Å². The van der Waals surface area contributed by atoms with E-state index in [4.69, 9.17) is 4.74 Å². The van der Waals surface area contributed by atoms with E-state index >= 15 is 0 Å². The number of hydrogen-bond donors (Lipinski definition) is 0. The highest BCUT2D eigenvalue weighted by atomic mass is 19.4. The van der Waals surface area contributed by atoms with Crippen molar-refractivity contribution in [3.63, 3.8) is 0 Å². The Bertz CT molecular complexity index is 369. The number of fused-ring (bicyclic) bond motifs is 1. The average molecular weight is 200 g/mol. The molecule has 14 heavy (non-hydrogen) atoms. The molecule has 1 aliphatic carbocycles. The van der Waals surface area contributed by atoms with Gasteiger partial charge in [-0.1, -0.05) is 18.2 Å². The fourth-order valence-corrected chi connectivity index (χ4v) is 1.29. The fraction of sp³-hybridized carbons (Fsp3) is 0.200. The van der Waals surface area contributed by atoms with Crippen molar-refractivity contribution < 1.29 is 17.9 Å². The third kappa shape index (κ3) is 1.60. The molecule has 0 aromatic carbocycles. The maximum Gasteiger partial charge on any atom is 0.449 e. The van der Waals surface area contributed by atoms with Crippen LogP contribution in [-0.2, 0) is 4.74 Å². The zero-order valence-electron chi connectivity index (χ0n) is 7.14. The number of rotatable bonds is 0. The molecule has 0 saturated heterocycles. The highest BCUT2D eigenvalue weighted by Gasteiger charge is 2.37. The van der Waals surface area contributed by atoms with Crippen LogP contribution < -0.4 is 0 Å². The quantitative estimate of drug-likeness (QED) is 0.583. The van der Waals surface area contributed by atoms with Crippen LogP contribution in [0.15, 0.2) is 47.5 Å². The number of alkyl halides is 3. The molecule has 74 valence electrons. The summed E-state index contributed by atoms with van der Waals surface area (Å²) in [6.07, 6.45) is 3.70. The fourth-order valence-electron chi connectivity index (χ4n) is 1.29. The minimum Gasteiger partial charge on any atom is -0.452 e. The molecule has 0 fully saturated rings. The van der Waals surface area contributed by atoms with Crippen molar-refractivity contribution in [2.24, 2.45) is 0 Å². The second kappa shape index (κ2) is 3.04. The van der Waals surface area contributed by atoms with E-state index in [1.54, 1.807) is 6.08 Å². The van der Waals surface area contributed by atoms with E-state index in [0.717, 1.165) is 11.6 Å². The Balaban J connectivity index is 2.30. The van der Waals surface area contributed by atoms with Crippen LogP contribution in [0.4, 0.5) is 13.2 Å². The van der Waals surface area contributed by atoms with Gasteiger partial charge in [-0.15, -0.1) is 0 Å². The lowest BCUT2D eigenvalue weighted by Crippen LogP contribution is -2.17. The van der Waals surface area contributed by atoms with Crippen molar-refractivity contribution in [3.8, 4) is 0 Å². The zero-order valence-corrected chi connectivity index (χ0v) is 7.14. The van der Waals surface area contributed by atoms with Crippen LogP contribution in [0, 0.1) is 0 Å². The zero-order chi connectivity index (χ0) is 10.2. The molecule has 0 spiro atoms. The normalized spacial score (nSPS) is 20.4. The van der Waals surface area contributed by atoms with Gasteiger partial charge in [-0.25, -0.2) is 0 Å². The molecule has 0 aromatic heterocycles. The van der Waals surface area contributed by atoms with Crippen LogP contribution in [0.2, 0.25) is 0 Å². The Labute approximate surface area is 78.9 Å². The van der Waals surface area contributed by atoms with Crippen LogP contribution in [0.25, 0.3) is 0 Å². The van der Waals surface area contributed by atoms with Gasteiger partial charge in [-0.05, 0) is 24.1 Å². The molecule has 0 amide bonds. The molecule has 4 heteroatoms. The third-order valence-electron chi connectivity index (χ3n) is 1.97. The molecule has 0 aromatic rings. The molecular weight excluding hydrogens is 193 g/mol. The monoisotopic (exact) mass is 200 g/mol. The lowest BCUT2D eigenvalue weighted by molar-refractivity contribution is -0.124. The molecule has 1 aliphatic heterocycles. The number of halogens is 3. The Hall–Kier alpha value is -1.45. The maximum absolute atomic E-state index is 12.2. The minimum absolute atomic E-state index is 0.294. The van der Waals surface area contributed by atoms with Crippen LogP contribution >= 0.6 is 0 Å². The molecule has 1 heterocycles. The first kappa shape index (κ1) is 9.12. The van der Waals surface area contributed by atoms with E-state index in [1.807, 2.05) is 6.08 Å². The maximum atomic E-state index is 12.2. The topological polar surface area (TPSA) is 9.23 Å². The van der Waals surface area contributed by atoms with Crippen molar-refractivity contribution in [3.05, 3.63) is 47.5 Å². The summed E-state index contributed by atoms with van der Waals surface area (Å²) in [4.78, 5) is 0. The number of ether oxygens (including phenoxy) is 1. The molecule has 0 N–H and O–H groups in total. The van der Waals surface area contributed by atoms with E-state index in [1.165, 1.54) is 12.2 Å². The van der Waals surface area contributed by atoms with Crippen LogP contribution in [-0.4, -0.2) is 6.18 Å². The third-order valence-corrected chi connectivity index (χ3v) is 1.97. The molecule has 0 atom stereocenters. The predicted molar refractivity (Wildman–Crippen MR) is 45.1 cm³/mol. The Kier molecular flexibility index (Phi) is 1.98. The molecule has 1 nitrogen and oxygen atoms in total. The van der Waals surface area contributed by atoms with Crippen LogP contribution in [0.5, 0.6) is 0 Å². The lowest BCUT2D eigenvalue weighted by atomic mass is 10.0. The first-order valence-electron chi connectivity index (χ1n) is 4.10. The minimum atomic E-state index is -4.41. The average Bonchev–Trinajstić information content (AvgIpc) is 2.16. The molecule has 0 unspecified atom stereocenters. The second-order valence-electron chi connectivity index (χ2n) is 2.99. The Morgan fingerprint density at radius 3 is 2.64 bits per heavy atom. The summed E-state index contributed by atoms with van der Waals surface area (Å²) in [6, 6.07) is 0. The first-order valence-corrected chi connectivity index (χ1v) is 4.10. The number of hydrogen-bond acceptors (Lipinski definition) is 1. The smallest absolute Gasteiger partial charge is 0.449 e. The van der Waals surface area contributed by atoms with E-state index in [-0.39, 0.29) is 0 Å². The summed E-state index contributed by atoms with van der Waals surface area (Å²) >= 11 is 0. The summed E-state index contributed by atoms with van der Waals surface area (Å²) in [5.74, 6) is -0.662. The van der Waals surface area contributed by atoms with E-state index in [9.17, 15) is 13.2 Å². The van der Waals surface area contributed by atoms with E-state index in [2.05, 4.69) is 0 Å². The second-order valence-corrected chi connectivity index (χ2v) is 2.99. The molecule has 0 bridgehead atoms. The molecular formula is C10H7F3O. The first-order chi connectivity index (χ1) is 6.57. The summed E-state index contributed by atoms with van der Waals surface area (Å²) < 4.78 is 41.4. The van der Waals surface area contributed by atoms with Crippen molar-refractivity contribution in [2.45, 2.75) is 12.6 Å². The number of allylic oxidation sites excluding steroid dienone is 7. The summed E-state index contributed by atoms with van der Waals surface area (Å²) in [5, 5.41) is 0. The van der Waals surface area contributed by atoms with Gasteiger partial charge in [-0.2, -0.15) is 13.2 Å². The van der Waals surface area contributed by atoms with Gasteiger partial charge in [0.05, 0.1) is 0 Å². The van der Waals surface area contributed by atoms with Gasteiger partial charge in [0.15, 0.2) is 0 Å². The Morgan fingerprint density at radius 1 is 1.14 bits per heavy atom. The standard InChI is InChI=1S/C10H7F3O/c11-10(12,13)9-6-5-7-3-1-2-4-8(7)14-9/h1-2,4-6H,3H2. The summed E-state index contributed by atoms with van der Waals surface area (Å²) in [5.41, 5.74) is 0.778. The van der Waals surface area contributed by atoms with Crippen molar-refractivity contribution in [2.75, 3.05) is 0 Å². The SMILES string of the molecule is FC(F)(F)C1=CC=C2CC=CC=C2O1. The summed E-state index contributed by atoms with van der Waals surface area (Å²) in [6.45, 7) is 0. The lowest BCUT2D eigenvalue weighted by Gasteiger charge is -2.21. The van der Waals surface area contributed by atoms with Gasteiger partial charge < -0.3 is 4.74 Å². The predicted octanol–water partition coefficient (Wildman–Crippen LogP) is 3.23. The van der Waals surface area contributed by atoms with Gasteiger partial charge in [0.25, 0.3) is 0 Å². The molecule has 2 rings (SSSR count). The highest BCUT2D eigenvalue weighted by Crippen LogP contribution is 2.35. The van der Waals surface area contributed by atoms with Crippen molar-refractivity contribution in [1.82, 2.24) is 0 Å². The van der Waals surface area contributed by atoms with E-state index < -0.39 is 11.9 Å². The summed E-state index contributed by atoms with van der Waals surface area (Å²) in [7, 11) is 0. The van der Waals surface area contributed by atoms with Gasteiger partial charge in [0, 0.05) is 0 Å². The van der Waals surface area contributed by atoms with Gasteiger partial charge >= 0.3 is 6.18 Å². The van der Waals surface area contributed by atoms with Gasteiger partial charge in [0.1, 0.15) is 5.76 Å². The molecule has 0 radical (unpaired) electrons. The van der Waals surface area contributed by atoms with E-state index in [0.29, 0.717) is 12.2 Å². The van der Waals surface area contributed by atoms with Crippen molar-refractivity contribution in [1.29, 1.82) is 0 Å². The van der Waals surface area contributed by atoms with Gasteiger partial charge in [-0.3, -0.25) is 0 Å². The largest absolute Gasteiger partial charge is 0.452 e. The van der Waals surface area contributed by atoms with Crippen molar-refractivity contribution >= 4 is 0 Å². The highest BCUT2D eigenvalue weighted by molar-refractivity contribution is 5.41. The molecule has 2 aliphatic rings. The Morgan fingerprint density at radius 2 is 1.93 bits per heavy atom. The molecule has 0 saturated carbocycles. The van der Waals surface area contributed by atoms with Crippen LogP contribution in [0.3, 0.4) is 0 Å². The van der Waals surface area contributed by atoms with Crippen LogP contribution in [0.1, 0.15) is 6.42 Å².